The Morgan fingerprint density at radius 1 is 1.53 bits per heavy atom. The largest absolute Gasteiger partial charge is 0.326 e. The molecule has 1 heterocycles. The zero-order chi connectivity index (χ0) is 14.0. The zero-order valence-electron chi connectivity index (χ0n) is 10.6. The lowest BCUT2D eigenvalue weighted by molar-refractivity contribution is -0.117. The van der Waals surface area contributed by atoms with Crippen LogP contribution < -0.4 is 16.4 Å². The second kappa shape index (κ2) is 5.36. The van der Waals surface area contributed by atoms with E-state index in [-0.39, 0.29) is 11.6 Å². The number of halogens is 1. The highest BCUT2D eigenvalue weighted by molar-refractivity contribution is 5.98. The Morgan fingerprint density at radius 2 is 2.26 bits per heavy atom. The number of aryl methyl sites for hydroxylation is 1. The molecule has 0 radical (unpaired) electrons. The third kappa shape index (κ3) is 2.90. The van der Waals surface area contributed by atoms with Gasteiger partial charge in [-0.25, -0.2) is 4.39 Å². The number of hydrogen-bond donors (Lipinski definition) is 3. The van der Waals surface area contributed by atoms with Crippen LogP contribution in [0.1, 0.15) is 25.3 Å². The van der Waals surface area contributed by atoms with Gasteiger partial charge in [0.2, 0.25) is 11.8 Å². The minimum Gasteiger partial charge on any atom is -0.326 e. The predicted molar refractivity (Wildman–Crippen MR) is 70.2 cm³/mol. The lowest BCUT2D eigenvalue weighted by atomic mass is 10.0. The summed E-state index contributed by atoms with van der Waals surface area (Å²) in [5.74, 6) is -1.07. The molecule has 0 saturated carbocycles. The molecule has 0 aliphatic carbocycles. The van der Waals surface area contributed by atoms with Gasteiger partial charge in [-0.2, -0.15) is 0 Å². The van der Waals surface area contributed by atoms with Gasteiger partial charge >= 0.3 is 0 Å². The third-order valence-electron chi connectivity index (χ3n) is 3.12. The number of rotatable bonds is 3. The molecule has 1 unspecified atom stereocenters. The van der Waals surface area contributed by atoms with Gasteiger partial charge in [-0.3, -0.25) is 9.59 Å². The maximum atomic E-state index is 13.8. The van der Waals surface area contributed by atoms with Crippen molar-refractivity contribution in [3.8, 4) is 0 Å². The van der Waals surface area contributed by atoms with E-state index >= 15 is 0 Å². The van der Waals surface area contributed by atoms with Crippen LogP contribution in [0.2, 0.25) is 0 Å². The molecule has 0 spiro atoms. The van der Waals surface area contributed by atoms with Crippen molar-refractivity contribution >= 4 is 23.2 Å². The molecular weight excluding hydrogens is 249 g/mol. The van der Waals surface area contributed by atoms with Gasteiger partial charge in [-0.1, -0.05) is 6.92 Å². The summed E-state index contributed by atoms with van der Waals surface area (Å²) < 4.78 is 13.8. The Hall–Kier alpha value is -1.95. The second-order valence-electron chi connectivity index (χ2n) is 4.54. The van der Waals surface area contributed by atoms with E-state index in [0.29, 0.717) is 24.9 Å². The van der Waals surface area contributed by atoms with E-state index in [0.717, 1.165) is 5.56 Å². The Balaban J connectivity index is 2.24. The number of nitrogens with one attached hydrogen (secondary N) is 2. The van der Waals surface area contributed by atoms with Gasteiger partial charge in [-0.15, -0.1) is 0 Å². The maximum Gasteiger partial charge on any atom is 0.241 e. The molecule has 1 aromatic rings. The first-order chi connectivity index (χ1) is 9.01. The van der Waals surface area contributed by atoms with Crippen molar-refractivity contribution in [2.45, 2.75) is 32.2 Å². The van der Waals surface area contributed by atoms with Gasteiger partial charge in [0.05, 0.1) is 11.7 Å². The molecule has 4 N–H and O–H groups in total. The molecule has 1 aliphatic rings. The highest BCUT2D eigenvalue weighted by Crippen LogP contribution is 2.28. The number of carbonyl (C=O) groups is 2. The fourth-order valence-electron chi connectivity index (χ4n) is 1.91. The molecule has 5 nitrogen and oxygen atoms in total. The number of amides is 2. The van der Waals surface area contributed by atoms with Crippen LogP contribution in [-0.4, -0.2) is 17.9 Å². The van der Waals surface area contributed by atoms with Crippen LogP contribution >= 0.6 is 0 Å². The number of nitrogens with two attached hydrogens (primary N) is 1. The van der Waals surface area contributed by atoms with Gasteiger partial charge in [0, 0.05) is 12.1 Å². The first kappa shape index (κ1) is 13.5. The summed E-state index contributed by atoms with van der Waals surface area (Å²) in [5.41, 5.74) is 6.88. The van der Waals surface area contributed by atoms with Crippen molar-refractivity contribution < 1.29 is 14.0 Å². The average Bonchev–Trinajstić information content (AvgIpc) is 2.39. The Morgan fingerprint density at radius 3 is 2.95 bits per heavy atom. The van der Waals surface area contributed by atoms with E-state index in [4.69, 9.17) is 5.73 Å². The minimum atomic E-state index is -0.676. The fraction of sp³-hybridized carbons (Fsp3) is 0.385. The zero-order valence-corrected chi connectivity index (χ0v) is 10.6. The van der Waals surface area contributed by atoms with Crippen molar-refractivity contribution in [1.82, 2.24) is 0 Å². The van der Waals surface area contributed by atoms with Crippen LogP contribution in [-0.2, 0) is 16.0 Å². The topological polar surface area (TPSA) is 84.2 Å². The summed E-state index contributed by atoms with van der Waals surface area (Å²) >= 11 is 0. The van der Waals surface area contributed by atoms with E-state index in [2.05, 4.69) is 10.6 Å². The van der Waals surface area contributed by atoms with Gasteiger partial charge in [0.15, 0.2) is 0 Å². The van der Waals surface area contributed by atoms with E-state index in [9.17, 15) is 14.0 Å². The molecule has 102 valence electrons. The number of carbonyl (C=O) groups excluding carboxylic acids is 2. The number of hydrogen-bond acceptors (Lipinski definition) is 3. The molecule has 0 saturated heterocycles. The second-order valence-corrected chi connectivity index (χ2v) is 4.54. The first-order valence-corrected chi connectivity index (χ1v) is 6.20. The summed E-state index contributed by atoms with van der Waals surface area (Å²) in [7, 11) is 0. The van der Waals surface area contributed by atoms with Gasteiger partial charge in [0.1, 0.15) is 5.82 Å². The maximum absolute atomic E-state index is 13.8. The van der Waals surface area contributed by atoms with Gasteiger partial charge in [0.25, 0.3) is 0 Å². The SMILES string of the molecule is CCC(N)C(=O)Nc1cc2c(cc1F)CCC(=O)N2. The lowest BCUT2D eigenvalue weighted by Gasteiger charge is -2.19. The summed E-state index contributed by atoms with van der Waals surface area (Å²) in [5, 5.41) is 5.09. The molecular formula is C13H16FN3O2. The van der Waals surface area contributed by atoms with Crippen molar-refractivity contribution in [3.05, 3.63) is 23.5 Å². The number of fused-ring (bicyclic) bond motifs is 1. The standard InChI is InChI=1S/C13H16FN3O2/c1-2-9(15)13(19)17-11-6-10-7(5-8(11)14)3-4-12(18)16-10/h5-6,9H,2-4,15H2,1H3,(H,16,18)(H,17,19). The highest BCUT2D eigenvalue weighted by Gasteiger charge is 2.19. The summed E-state index contributed by atoms with van der Waals surface area (Å²) in [4.78, 5) is 22.9. The Labute approximate surface area is 110 Å². The molecule has 1 aliphatic heterocycles. The molecule has 2 rings (SSSR count). The van der Waals surface area contributed by atoms with E-state index in [1.54, 1.807) is 6.92 Å². The van der Waals surface area contributed by atoms with E-state index in [1.165, 1.54) is 12.1 Å². The summed E-state index contributed by atoms with van der Waals surface area (Å²) in [6.45, 7) is 1.77. The van der Waals surface area contributed by atoms with Crippen LogP contribution in [0.5, 0.6) is 0 Å². The van der Waals surface area contributed by atoms with E-state index in [1.807, 2.05) is 0 Å². The summed E-state index contributed by atoms with van der Waals surface area (Å²) in [6.07, 6.45) is 1.31. The first-order valence-electron chi connectivity index (χ1n) is 6.20. The molecule has 1 atom stereocenters. The fourth-order valence-corrected chi connectivity index (χ4v) is 1.91. The minimum absolute atomic E-state index is 0.0369. The van der Waals surface area contributed by atoms with Crippen molar-refractivity contribution in [2.24, 2.45) is 5.73 Å². The molecule has 6 heteroatoms. The summed E-state index contributed by atoms with van der Waals surface area (Å²) in [6, 6.07) is 2.09. The smallest absolute Gasteiger partial charge is 0.241 e. The molecule has 0 bridgehead atoms. The van der Waals surface area contributed by atoms with Crippen LogP contribution in [0, 0.1) is 5.82 Å². The monoisotopic (exact) mass is 265 g/mol. The van der Waals surface area contributed by atoms with Crippen LogP contribution in [0.15, 0.2) is 12.1 Å². The van der Waals surface area contributed by atoms with Gasteiger partial charge < -0.3 is 16.4 Å². The molecule has 1 aromatic carbocycles. The highest BCUT2D eigenvalue weighted by atomic mass is 19.1. The number of benzene rings is 1. The Bertz CT molecular complexity index is 531. The van der Waals surface area contributed by atoms with Crippen molar-refractivity contribution in [2.75, 3.05) is 10.6 Å². The van der Waals surface area contributed by atoms with Gasteiger partial charge in [-0.05, 0) is 30.5 Å². The normalized spacial score (nSPS) is 15.4. The van der Waals surface area contributed by atoms with E-state index < -0.39 is 17.8 Å². The number of anilines is 2. The quantitative estimate of drug-likeness (QED) is 0.772. The molecule has 0 aromatic heterocycles. The third-order valence-corrected chi connectivity index (χ3v) is 3.12. The van der Waals surface area contributed by atoms with Crippen LogP contribution in [0.4, 0.5) is 15.8 Å². The average molecular weight is 265 g/mol. The lowest BCUT2D eigenvalue weighted by Crippen LogP contribution is -2.35. The molecule has 19 heavy (non-hydrogen) atoms. The Kier molecular flexibility index (Phi) is 3.80. The van der Waals surface area contributed by atoms with Crippen LogP contribution in [0.25, 0.3) is 0 Å². The van der Waals surface area contributed by atoms with Crippen molar-refractivity contribution in [1.29, 1.82) is 0 Å². The predicted octanol–water partition coefficient (Wildman–Crippen LogP) is 1.39. The van der Waals surface area contributed by atoms with Crippen molar-refractivity contribution in [3.63, 3.8) is 0 Å². The van der Waals surface area contributed by atoms with Crippen LogP contribution in [0.3, 0.4) is 0 Å². The molecule has 0 fully saturated rings. The molecule has 2 amide bonds.